The lowest BCUT2D eigenvalue weighted by molar-refractivity contribution is 0.0994. The lowest BCUT2D eigenvalue weighted by atomic mass is 10.1. The number of aromatic nitrogens is 2. The van der Waals surface area contributed by atoms with Crippen molar-refractivity contribution in [2.45, 2.75) is 6.42 Å². The van der Waals surface area contributed by atoms with Crippen LogP contribution in [0.4, 0.5) is 0 Å². The van der Waals surface area contributed by atoms with Crippen molar-refractivity contribution in [3.63, 3.8) is 0 Å². The van der Waals surface area contributed by atoms with E-state index < -0.39 is 5.91 Å². The molecule has 2 aromatic rings. The van der Waals surface area contributed by atoms with Gasteiger partial charge in [-0.1, -0.05) is 6.07 Å². The molecule has 2 rings (SSSR count). The van der Waals surface area contributed by atoms with E-state index in [0.717, 1.165) is 11.3 Å². The molecule has 2 aromatic heterocycles. The number of primary amides is 1. The average Bonchev–Trinajstić information content (AvgIpc) is 2.71. The van der Waals surface area contributed by atoms with Gasteiger partial charge in [0.05, 0.1) is 5.69 Å². The van der Waals surface area contributed by atoms with Crippen LogP contribution in [-0.4, -0.2) is 15.9 Å². The number of oxazole rings is 1. The second kappa shape index (κ2) is 3.91. The maximum Gasteiger partial charge on any atom is 0.267 e. The number of nitrogens with zero attached hydrogens (tertiary/aromatic N) is 2. The van der Waals surface area contributed by atoms with E-state index in [1.807, 2.05) is 0 Å². The molecule has 0 radical (unpaired) electrons. The third kappa shape index (κ3) is 2.01. The molecule has 2 heterocycles. The van der Waals surface area contributed by atoms with E-state index in [-0.39, 0.29) is 5.69 Å². The van der Waals surface area contributed by atoms with Gasteiger partial charge in [0.1, 0.15) is 12.0 Å². The summed E-state index contributed by atoms with van der Waals surface area (Å²) < 4.78 is 4.84. The van der Waals surface area contributed by atoms with E-state index in [9.17, 15) is 4.79 Å². The molecule has 2 N–H and O–H groups in total. The molecule has 5 nitrogen and oxygen atoms in total. The number of rotatable bonds is 3. The van der Waals surface area contributed by atoms with Gasteiger partial charge in [-0.05, 0) is 11.6 Å². The second-order valence-corrected chi connectivity index (χ2v) is 3.03. The van der Waals surface area contributed by atoms with E-state index in [0.29, 0.717) is 6.42 Å². The van der Waals surface area contributed by atoms with Crippen LogP contribution in [0.5, 0.6) is 0 Å². The van der Waals surface area contributed by atoms with Crippen molar-refractivity contribution in [3.05, 3.63) is 47.9 Å². The molecule has 0 bridgehead atoms. The van der Waals surface area contributed by atoms with Crippen LogP contribution >= 0.6 is 0 Å². The van der Waals surface area contributed by atoms with Gasteiger partial charge in [0.2, 0.25) is 0 Å². The summed E-state index contributed by atoms with van der Waals surface area (Å²) in [5.74, 6) is -0.533. The van der Waals surface area contributed by atoms with Crippen molar-refractivity contribution in [1.29, 1.82) is 0 Å². The first-order chi connectivity index (χ1) is 7.27. The van der Waals surface area contributed by atoms with Crippen LogP contribution in [0.15, 0.2) is 35.4 Å². The Kier molecular flexibility index (Phi) is 2.45. The minimum absolute atomic E-state index is 0.278. The predicted octanol–water partition coefficient (Wildman–Crippen LogP) is 0.759. The Hall–Kier alpha value is -2.17. The molecule has 76 valence electrons. The minimum Gasteiger partial charge on any atom is -0.451 e. The smallest absolute Gasteiger partial charge is 0.267 e. The summed E-state index contributed by atoms with van der Waals surface area (Å²) in [6, 6.07) is 3.55. The molecule has 0 spiro atoms. The first-order valence-corrected chi connectivity index (χ1v) is 4.38. The summed E-state index contributed by atoms with van der Waals surface area (Å²) in [6.45, 7) is 0. The number of amides is 1. The summed E-state index contributed by atoms with van der Waals surface area (Å²) in [7, 11) is 0. The van der Waals surface area contributed by atoms with E-state index in [4.69, 9.17) is 10.2 Å². The average molecular weight is 203 g/mol. The monoisotopic (exact) mass is 203 g/mol. The van der Waals surface area contributed by atoms with Gasteiger partial charge in [-0.2, -0.15) is 0 Å². The van der Waals surface area contributed by atoms with E-state index in [2.05, 4.69) is 9.97 Å². The number of carbonyl (C=O) groups is 1. The summed E-state index contributed by atoms with van der Waals surface area (Å²) in [4.78, 5) is 19.0. The fourth-order valence-corrected chi connectivity index (χ4v) is 1.32. The Morgan fingerprint density at radius 3 is 3.00 bits per heavy atom. The predicted molar refractivity (Wildman–Crippen MR) is 52.1 cm³/mol. The molecule has 0 unspecified atom stereocenters. The van der Waals surface area contributed by atoms with Crippen molar-refractivity contribution < 1.29 is 9.21 Å². The Labute approximate surface area is 86.0 Å². The summed E-state index contributed by atoms with van der Waals surface area (Å²) >= 11 is 0. The van der Waals surface area contributed by atoms with Gasteiger partial charge in [0.25, 0.3) is 5.91 Å². The fourth-order valence-electron chi connectivity index (χ4n) is 1.32. The van der Waals surface area contributed by atoms with Crippen LogP contribution in [0.1, 0.15) is 21.7 Å². The van der Waals surface area contributed by atoms with Gasteiger partial charge < -0.3 is 10.2 Å². The molecule has 0 saturated carbocycles. The summed E-state index contributed by atoms with van der Waals surface area (Å²) in [6.07, 6.45) is 4.89. The van der Waals surface area contributed by atoms with Crippen molar-refractivity contribution in [2.24, 2.45) is 5.73 Å². The maximum absolute atomic E-state index is 11.1. The zero-order chi connectivity index (χ0) is 10.7. The lowest BCUT2D eigenvalue weighted by Gasteiger charge is -2.02. The van der Waals surface area contributed by atoms with Crippen LogP contribution in [0.25, 0.3) is 0 Å². The molecule has 0 aromatic carbocycles. The molecular weight excluding hydrogens is 194 g/mol. The van der Waals surface area contributed by atoms with Crippen LogP contribution in [-0.2, 0) is 6.42 Å². The van der Waals surface area contributed by atoms with Crippen molar-refractivity contribution in [1.82, 2.24) is 9.97 Å². The number of pyridine rings is 1. The number of carbonyl (C=O) groups excluding carboxylic acids is 1. The SMILES string of the molecule is NC(=O)c1ncccc1Cc1cocn1. The Bertz CT molecular complexity index is 465. The molecule has 0 fully saturated rings. The summed E-state index contributed by atoms with van der Waals surface area (Å²) in [5.41, 5.74) is 6.97. The molecule has 0 aliphatic carbocycles. The number of hydrogen-bond acceptors (Lipinski definition) is 4. The van der Waals surface area contributed by atoms with E-state index in [1.54, 1.807) is 12.1 Å². The quantitative estimate of drug-likeness (QED) is 0.798. The van der Waals surface area contributed by atoms with Crippen molar-refractivity contribution >= 4 is 5.91 Å². The Morgan fingerprint density at radius 1 is 1.47 bits per heavy atom. The van der Waals surface area contributed by atoms with Crippen LogP contribution in [0.3, 0.4) is 0 Å². The van der Waals surface area contributed by atoms with Crippen molar-refractivity contribution in [3.8, 4) is 0 Å². The number of nitrogens with two attached hydrogens (primary N) is 1. The van der Waals surface area contributed by atoms with Crippen molar-refractivity contribution in [2.75, 3.05) is 0 Å². The fraction of sp³-hybridized carbons (Fsp3) is 0.100. The first-order valence-electron chi connectivity index (χ1n) is 4.38. The molecule has 15 heavy (non-hydrogen) atoms. The van der Waals surface area contributed by atoms with Gasteiger partial charge in [-0.25, -0.2) is 4.98 Å². The Balaban J connectivity index is 2.32. The molecule has 5 heteroatoms. The molecule has 0 saturated heterocycles. The lowest BCUT2D eigenvalue weighted by Crippen LogP contribution is -2.15. The first kappa shape index (κ1) is 9.39. The normalized spacial score (nSPS) is 10.1. The highest BCUT2D eigenvalue weighted by atomic mass is 16.3. The van der Waals surface area contributed by atoms with Gasteiger partial charge in [-0.3, -0.25) is 9.78 Å². The van der Waals surface area contributed by atoms with E-state index >= 15 is 0 Å². The topological polar surface area (TPSA) is 82.0 Å². The third-order valence-electron chi connectivity index (χ3n) is 1.98. The molecule has 1 amide bonds. The zero-order valence-corrected chi connectivity index (χ0v) is 7.88. The Morgan fingerprint density at radius 2 is 2.33 bits per heavy atom. The van der Waals surface area contributed by atoms with E-state index in [1.165, 1.54) is 18.9 Å². The van der Waals surface area contributed by atoms with Gasteiger partial charge in [0.15, 0.2) is 6.39 Å². The molecule has 0 aliphatic rings. The highest BCUT2D eigenvalue weighted by Crippen LogP contribution is 2.10. The minimum atomic E-state index is -0.533. The largest absolute Gasteiger partial charge is 0.451 e. The van der Waals surface area contributed by atoms with Crippen LogP contribution in [0, 0.1) is 0 Å². The molecule has 0 aliphatic heterocycles. The highest BCUT2D eigenvalue weighted by Gasteiger charge is 2.10. The van der Waals surface area contributed by atoms with Gasteiger partial charge in [0, 0.05) is 12.6 Å². The second-order valence-electron chi connectivity index (χ2n) is 3.03. The summed E-state index contributed by atoms with van der Waals surface area (Å²) in [5, 5.41) is 0. The standard InChI is InChI=1S/C10H9N3O2/c11-10(14)9-7(2-1-3-12-9)4-8-5-15-6-13-8/h1-3,5-6H,4H2,(H2,11,14). The zero-order valence-electron chi connectivity index (χ0n) is 7.88. The van der Waals surface area contributed by atoms with Gasteiger partial charge in [-0.15, -0.1) is 0 Å². The van der Waals surface area contributed by atoms with Crippen LogP contribution < -0.4 is 5.73 Å². The highest BCUT2D eigenvalue weighted by molar-refractivity contribution is 5.92. The maximum atomic E-state index is 11.1. The van der Waals surface area contributed by atoms with Gasteiger partial charge >= 0.3 is 0 Å². The molecule has 0 atom stereocenters. The van der Waals surface area contributed by atoms with Crippen LogP contribution in [0.2, 0.25) is 0 Å². The molecular formula is C10H9N3O2. The number of hydrogen-bond donors (Lipinski definition) is 1. The third-order valence-corrected chi connectivity index (χ3v) is 1.98.